The van der Waals surface area contributed by atoms with E-state index >= 15 is 0 Å². The maximum Gasteiger partial charge on any atom is 0.168 e. The van der Waals surface area contributed by atoms with Crippen LogP contribution < -0.4 is 0 Å². The number of rotatable bonds is 1. The lowest BCUT2D eigenvalue weighted by atomic mass is 9.55. The number of ether oxygens (including phenoxy) is 1. The fourth-order valence-corrected chi connectivity index (χ4v) is 4.86. The first-order valence-electron chi connectivity index (χ1n) is 9.14. The highest BCUT2D eigenvalue weighted by Crippen LogP contribution is 2.53. The van der Waals surface area contributed by atoms with E-state index in [2.05, 4.69) is 26.8 Å². The SMILES string of the molecule is C/C1=C/CCC2(C)OC2C(=O)C2CCC(C)C(C)(CC1)C2C=O. The van der Waals surface area contributed by atoms with Gasteiger partial charge in [-0.2, -0.15) is 0 Å². The Bertz CT molecular complexity index is 537. The lowest BCUT2D eigenvalue weighted by Gasteiger charge is -2.48. The Morgan fingerprint density at radius 2 is 2.00 bits per heavy atom. The van der Waals surface area contributed by atoms with E-state index in [1.165, 1.54) is 5.57 Å². The van der Waals surface area contributed by atoms with Gasteiger partial charge in [-0.3, -0.25) is 4.79 Å². The molecule has 0 aromatic heterocycles. The molecule has 0 aromatic rings. The standard InChI is InChI=1S/C20H30O3/c1-13-6-5-10-20(4)18(23-20)17(22)15-8-7-14(2)19(3,11-9-13)16(15)12-21/h6,12,14-16,18H,5,7-11H2,1-4H3/b13-6-. The van der Waals surface area contributed by atoms with Gasteiger partial charge in [0.05, 0.1) is 0 Å². The normalized spacial score (nSPS) is 49.9. The summed E-state index contributed by atoms with van der Waals surface area (Å²) in [4.78, 5) is 25.0. The topological polar surface area (TPSA) is 46.7 Å². The molecule has 1 heterocycles. The number of hydrogen-bond acceptors (Lipinski definition) is 3. The molecule has 0 N–H and O–H groups in total. The molecule has 1 saturated heterocycles. The van der Waals surface area contributed by atoms with Crippen LogP contribution in [-0.2, 0) is 14.3 Å². The molecule has 1 aliphatic heterocycles. The van der Waals surface area contributed by atoms with Gasteiger partial charge < -0.3 is 9.53 Å². The van der Waals surface area contributed by atoms with Crippen molar-refractivity contribution in [2.75, 3.05) is 0 Å². The van der Waals surface area contributed by atoms with E-state index in [1.807, 2.05) is 6.92 Å². The molecule has 0 radical (unpaired) electrons. The van der Waals surface area contributed by atoms with Crippen LogP contribution in [0.5, 0.6) is 0 Å². The number of hydrogen-bond donors (Lipinski definition) is 0. The van der Waals surface area contributed by atoms with E-state index in [0.717, 1.165) is 44.8 Å². The van der Waals surface area contributed by atoms with Crippen molar-refractivity contribution >= 4 is 12.1 Å². The van der Waals surface area contributed by atoms with E-state index in [9.17, 15) is 9.59 Å². The molecule has 2 bridgehead atoms. The van der Waals surface area contributed by atoms with Crippen LogP contribution in [0.4, 0.5) is 0 Å². The molecule has 0 aromatic carbocycles. The lowest BCUT2D eigenvalue weighted by molar-refractivity contribution is -0.138. The third-order valence-corrected chi connectivity index (χ3v) is 7.08. The van der Waals surface area contributed by atoms with E-state index in [0.29, 0.717) is 5.92 Å². The van der Waals surface area contributed by atoms with Crippen LogP contribution in [0.2, 0.25) is 0 Å². The van der Waals surface area contributed by atoms with Gasteiger partial charge in [0.15, 0.2) is 5.78 Å². The third-order valence-electron chi connectivity index (χ3n) is 7.08. The highest BCUT2D eigenvalue weighted by Gasteiger charge is 2.60. The van der Waals surface area contributed by atoms with Crippen LogP contribution in [0, 0.1) is 23.2 Å². The summed E-state index contributed by atoms with van der Waals surface area (Å²) in [6.45, 7) is 8.71. The second-order valence-corrected chi connectivity index (χ2v) is 8.55. The molecule has 0 spiro atoms. The molecule has 3 heteroatoms. The minimum atomic E-state index is -0.306. The van der Waals surface area contributed by atoms with Gasteiger partial charge >= 0.3 is 0 Å². The summed E-state index contributed by atoms with van der Waals surface area (Å²) in [6.07, 6.45) is 8.82. The van der Waals surface area contributed by atoms with Crippen molar-refractivity contribution in [3.05, 3.63) is 11.6 Å². The van der Waals surface area contributed by atoms with Crippen molar-refractivity contribution in [1.29, 1.82) is 0 Å². The molecular formula is C20H30O3. The minimum absolute atomic E-state index is 0.0834. The Balaban J connectivity index is 1.96. The Hall–Kier alpha value is -0.960. The molecule has 3 aliphatic rings. The van der Waals surface area contributed by atoms with Crippen LogP contribution in [0.3, 0.4) is 0 Å². The maximum absolute atomic E-state index is 13.0. The summed E-state index contributed by atoms with van der Waals surface area (Å²) in [7, 11) is 0. The van der Waals surface area contributed by atoms with Crippen molar-refractivity contribution in [3.8, 4) is 0 Å². The van der Waals surface area contributed by atoms with Crippen molar-refractivity contribution in [3.63, 3.8) is 0 Å². The molecule has 2 aliphatic carbocycles. The van der Waals surface area contributed by atoms with Gasteiger partial charge in [0.2, 0.25) is 0 Å². The van der Waals surface area contributed by atoms with Gasteiger partial charge in [0.25, 0.3) is 0 Å². The zero-order valence-electron chi connectivity index (χ0n) is 14.9. The summed E-state index contributed by atoms with van der Waals surface area (Å²) in [6, 6.07) is 0. The number of Topliss-reactive ketones (excluding diaryl/α,β-unsaturated/α-hetero) is 1. The van der Waals surface area contributed by atoms with Gasteiger partial charge in [0, 0.05) is 11.8 Å². The fraction of sp³-hybridized carbons (Fsp3) is 0.800. The molecule has 6 unspecified atom stereocenters. The molecule has 6 atom stereocenters. The van der Waals surface area contributed by atoms with E-state index in [-0.39, 0.29) is 34.7 Å². The first-order valence-corrected chi connectivity index (χ1v) is 9.14. The predicted octanol–water partition coefficient (Wildman–Crippen LogP) is 4.10. The first kappa shape index (κ1) is 16.9. The highest BCUT2D eigenvalue weighted by molar-refractivity contribution is 5.91. The summed E-state index contributed by atoms with van der Waals surface area (Å²) in [5.41, 5.74) is 1.01. The van der Waals surface area contributed by atoms with Gasteiger partial charge in [-0.1, -0.05) is 25.5 Å². The summed E-state index contributed by atoms with van der Waals surface area (Å²) in [5.74, 6) is 0.344. The molecule has 0 amide bonds. The van der Waals surface area contributed by atoms with E-state index in [4.69, 9.17) is 4.74 Å². The molecule has 3 rings (SSSR count). The minimum Gasteiger partial charge on any atom is -0.358 e. The first-order chi connectivity index (χ1) is 10.8. The highest BCUT2D eigenvalue weighted by atomic mass is 16.6. The Morgan fingerprint density at radius 3 is 2.70 bits per heavy atom. The van der Waals surface area contributed by atoms with Crippen molar-refractivity contribution < 1.29 is 14.3 Å². The second kappa shape index (κ2) is 5.84. The Kier molecular flexibility index (Phi) is 4.29. The molecule has 1 saturated carbocycles. The van der Waals surface area contributed by atoms with Gasteiger partial charge in [-0.25, -0.2) is 0 Å². The second-order valence-electron chi connectivity index (χ2n) is 8.55. The average molecular weight is 318 g/mol. The van der Waals surface area contributed by atoms with Gasteiger partial charge in [-0.05, 0) is 63.7 Å². The van der Waals surface area contributed by atoms with Gasteiger partial charge in [-0.15, -0.1) is 0 Å². The third kappa shape index (κ3) is 2.82. The zero-order chi connectivity index (χ0) is 16.8. The molecule has 3 nitrogen and oxygen atoms in total. The Morgan fingerprint density at radius 1 is 1.26 bits per heavy atom. The monoisotopic (exact) mass is 318 g/mol. The van der Waals surface area contributed by atoms with Crippen LogP contribution in [-0.4, -0.2) is 23.8 Å². The Labute approximate surface area is 139 Å². The quantitative estimate of drug-likeness (QED) is 0.415. The van der Waals surface area contributed by atoms with E-state index < -0.39 is 0 Å². The van der Waals surface area contributed by atoms with Crippen molar-refractivity contribution in [2.24, 2.45) is 23.2 Å². The molecule has 128 valence electrons. The summed E-state index contributed by atoms with van der Waals surface area (Å²) < 4.78 is 5.81. The summed E-state index contributed by atoms with van der Waals surface area (Å²) >= 11 is 0. The lowest BCUT2D eigenvalue weighted by Crippen LogP contribution is -2.47. The smallest absolute Gasteiger partial charge is 0.168 e. The number of fused-ring (bicyclic) bond motifs is 3. The predicted molar refractivity (Wildman–Crippen MR) is 90.1 cm³/mol. The summed E-state index contributed by atoms with van der Waals surface area (Å²) in [5, 5.41) is 0. The largest absolute Gasteiger partial charge is 0.358 e. The van der Waals surface area contributed by atoms with Crippen LogP contribution in [0.25, 0.3) is 0 Å². The number of allylic oxidation sites excluding steroid dienone is 2. The van der Waals surface area contributed by atoms with Crippen molar-refractivity contribution in [1.82, 2.24) is 0 Å². The molecular weight excluding hydrogens is 288 g/mol. The van der Waals surface area contributed by atoms with Crippen LogP contribution >= 0.6 is 0 Å². The van der Waals surface area contributed by atoms with Crippen LogP contribution in [0.15, 0.2) is 11.6 Å². The number of carbonyl (C=O) groups excluding carboxylic acids is 2. The van der Waals surface area contributed by atoms with E-state index in [1.54, 1.807) is 0 Å². The number of ketones is 1. The maximum atomic E-state index is 13.0. The molecule has 2 fully saturated rings. The molecule has 23 heavy (non-hydrogen) atoms. The zero-order valence-corrected chi connectivity index (χ0v) is 14.9. The number of carbonyl (C=O) groups is 2. The number of aldehydes is 1. The van der Waals surface area contributed by atoms with Gasteiger partial charge in [0.1, 0.15) is 18.0 Å². The average Bonchev–Trinajstić information content (AvgIpc) is 3.18. The fourth-order valence-electron chi connectivity index (χ4n) is 4.86. The number of epoxide rings is 1. The van der Waals surface area contributed by atoms with Crippen LogP contribution in [0.1, 0.15) is 66.2 Å². The van der Waals surface area contributed by atoms with Crippen molar-refractivity contribution in [2.45, 2.75) is 77.9 Å².